The first-order valence-corrected chi connectivity index (χ1v) is 5.39. The van der Waals surface area contributed by atoms with Gasteiger partial charge in [-0.25, -0.2) is 0 Å². The Morgan fingerprint density at radius 3 is 2.61 bits per heavy atom. The van der Waals surface area contributed by atoms with Crippen LogP contribution in [0.3, 0.4) is 0 Å². The SMILES string of the molecule is CCOC(=O)CCc1ccc(O)c(C(F)(F)F)c1. The van der Waals surface area contributed by atoms with Gasteiger partial charge in [0.25, 0.3) is 0 Å². The van der Waals surface area contributed by atoms with E-state index in [4.69, 9.17) is 5.11 Å². The van der Waals surface area contributed by atoms with Gasteiger partial charge >= 0.3 is 12.1 Å². The largest absolute Gasteiger partial charge is 0.507 e. The van der Waals surface area contributed by atoms with E-state index in [1.54, 1.807) is 6.92 Å². The quantitative estimate of drug-likeness (QED) is 0.849. The van der Waals surface area contributed by atoms with Gasteiger partial charge in [0, 0.05) is 6.42 Å². The molecule has 0 aliphatic heterocycles. The van der Waals surface area contributed by atoms with Gasteiger partial charge in [-0.05, 0) is 31.0 Å². The highest BCUT2D eigenvalue weighted by atomic mass is 19.4. The Balaban J connectivity index is 2.77. The van der Waals surface area contributed by atoms with Gasteiger partial charge in [0.1, 0.15) is 5.75 Å². The molecule has 1 rings (SSSR count). The van der Waals surface area contributed by atoms with Crippen molar-refractivity contribution in [1.29, 1.82) is 0 Å². The molecule has 1 N–H and O–H groups in total. The number of esters is 1. The maximum Gasteiger partial charge on any atom is 0.419 e. The van der Waals surface area contributed by atoms with Gasteiger partial charge in [0.15, 0.2) is 0 Å². The third kappa shape index (κ3) is 3.94. The molecule has 0 radical (unpaired) electrons. The smallest absolute Gasteiger partial charge is 0.419 e. The van der Waals surface area contributed by atoms with Crippen LogP contribution in [-0.2, 0) is 22.1 Å². The van der Waals surface area contributed by atoms with Crippen molar-refractivity contribution in [3.63, 3.8) is 0 Å². The Kier molecular flexibility index (Phi) is 4.58. The van der Waals surface area contributed by atoms with Crippen LogP contribution < -0.4 is 0 Å². The molecule has 0 heterocycles. The lowest BCUT2D eigenvalue weighted by molar-refractivity contribution is -0.143. The number of rotatable bonds is 4. The number of hydrogen-bond donors (Lipinski definition) is 1. The van der Waals surface area contributed by atoms with Gasteiger partial charge in [-0.1, -0.05) is 6.07 Å². The summed E-state index contributed by atoms with van der Waals surface area (Å²) in [7, 11) is 0. The van der Waals surface area contributed by atoms with Crippen LogP contribution in [0.25, 0.3) is 0 Å². The predicted molar refractivity (Wildman–Crippen MR) is 58.1 cm³/mol. The Bertz CT molecular complexity index is 427. The Labute approximate surface area is 102 Å². The molecule has 0 aliphatic carbocycles. The maximum absolute atomic E-state index is 12.5. The number of benzene rings is 1. The van der Waals surface area contributed by atoms with Crippen molar-refractivity contribution in [2.75, 3.05) is 6.61 Å². The molecule has 0 aromatic heterocycles. The number of carbonyl (C=O) groups excluding carboxylic acids is 1. The van der Waals surface area contributed by atoms with Crippen LogP contribution in [0, 0.1) is 0 Å². The summed E-state index contributed by atoms with van der Waals surface area (Å²) in [4.78, 5) is 11.1. The molecule has 100 valence electrons. The van der Waals surface area contributed by atoms with Gasteiger partial charge in [0.05, 0.1) is 12.2 Å². The fraction of sp³-hybridized carbons (Fsp3) is 0.417. The zero-order valence-electron chi connectivity index (χ0n) is 9.75. The summed E-state index contributed by atoms with van der Waals surface area (Å²) in [5, 5.41) is 9.12. The summed E-state index contributed by atoms with van der Waals surface area (Å²) in [6.07, 6.45) is -4.46. The summed E-state index contributed by atoms with van der Waals surface area (Å²) in [6.45, 7) is 1.89. The van der Waals surface area contributed by atoms with E-state index in [1.807, 2.05) is 0 Å². The number of aromatic hydroxyl groups is 1. The van der Waals surface area contributed by atoms with Crippen LogP contribution in [0.4, 0.5) is 13.2 Å². The lowest BCUT2D eigenvalue weighted by atomic mass is 10.1. The maximum atomic E-state index is 12.5. The number of aryl methyl sites for hydroxylation is 1. The molecular weight excluding hydrogens is 249 g/mol. The number of alkyl halides is 3. The van der Waals surface area contributed by atoms with E-state index in [-0.39, 0.29) is 19.4 Å². The highest BCUT2D eigenvalue weighted by Crippen LogP contribution is 2.36. The summed E-state index contributed by atoms with van der Waals surface area (Å²) in [6, 6.07) is 3.17. The molecule has 0 saturated heterocycles. The standard InChI is InChI=1S/C12H13F3O3/c1-2-18-11(17)6-4-8-3-5-10(16)9(7-8)12(13,14)15/h3,5,7,16H,2,4,6H2,1H3. The second kappa shape index (κ2) is 5.75. The van der Waals surface area contributed by atoms with Crippen LogP contribution in [-0.4, -0.2) is 17.7 Å². The van der Waals surface area contributed by atoms with E-state index < -0.39 is 23.5 Å². The molecule has 6 heteroatoms. The number of phenols is 1. The van der Waals surface area contributed by atoms with E-state index in [0.717, 1.165) is 12.1 Å². The number of halogens is 3. The van der Waals surface area contributed by atoms with Gasteiger partial charge in [0.2, 0.25) is 0 Å². The fourth-order valence-electron chi connectivity index (χ4n) is 1.45. The van der Waals surface area contributed by atoms with Crippen LogP contribution in [0.5, 0.6) is 5.75 Å². The molecule has 0 saturated carbocycles. The first kappa shape index (κ1) is 14.3. The zero-order valence-corrected chi connectivity index (χ0v) is 9.75. The van der Waals surface area contributed by atoms with Crippen molar-refractivity contribution in [1.82, 2.24) is 0 Å². The highest BCUT2D eigenvalue weighted by Gasteiger charge is 2.33. The van der Waals surface area contributed by atoms with E-state index in [2.05, 4.69) is 4.74 Å². The first-order chi connectivity index (χ1) is 8.34. The topological polar surface area (TPSA) is 46.5 Å². The first-order valence-electron chi connectivity index (χ1n) is 5.39. The van der Waals surface area contributed by atoms with Crippen LogP contribution in [0.1, 0.15) is 24.5 Å². The van der Waals surface area contributed by atoms with E-state index in [1.165, 1.54) is 6.07 Å². The molecular formula is C12H13F3O3. The van der Waals surface area contributed by atoms with Crippen molar-refractivity contribution < 1.29 is 27.8 Å². The molecule has 0 unspecified atom stereocenters. The molecule has 0 amide bonds. The minimum atomic E-state index is -4.61. The minimum absolute atomic E-state index is 0.00983. The minimum Gasteiger partial charge on any atom is -0.507 e. The number of carbonyl (C=O) groups is 1. The lowest BCUT2D eigenvalue weighted by Gasteiger charge is -2.10. The van der Waals surface area contributed by atoms with Crippen molar-refractivity contribution in [3.8, 4) is 5.75 Å². The average Bonchev–Trinajstić information content (AvgIpc) is 2.27. The summed E-state index contributed by atoms with van der Waals surface area (Å²) >= 11 is 0. The third-order valence-electron chi connectivity index (χ3n) is 2.29. The van der Waals surface area contributed by atoms with Crippen molar-refractivity contribution >= 4 is 5.97 Å². The predicted octanol–water partition coefficient (Wildman–Crippen LogP) is 2.91. The van der Waals surface area contributed by atoms with E-state index in [9.17, 15) is 18.0 Å². The molecule has 1 aromatic rings. The van der Waals surface area contributed by atoms with Crippen LogP contribution in [0.2, 0.25) is 0 Å². The number of ether oxygens (including phenoxy) is 1. The Morgan fingerprint density at radius 2 is 2.06 bits per heavy atom. The van der Waals surface area contributed by atoms with Gasteiger partial charge in [-0.2, -0.15) is 13.2 Å². The van der Waals surface area contributed by atoms with E-state index in [0.29, 0.717) is 5.56 Å². The third-order valence-corrected chi connectivity index (χ3v) is 2.29. The van der Waals surface area contributed by atoms with Crippen molar-refractivity contribution in [3.05, 3.63) is 29.3 Å². The second-order valence-corrected chi connectivity index (χ2v) is 3.65. The molecule has 3 nitrogen and oxygen atoms in total. The normalized spacial score (nSPS) is 11.3. The van der Waals surface area contributed by atoms with Gasteiger partial charge < -0.3 is 9.84 Å². The number of phenolic OH excluding ortho intramolecular Hbond substituents is 1. The molecule has 0 spiro atoms. The van der Waals surface area contributed by atoms with Crippen LogP contribution in [0.15, 0.2) is 18.2 Å². The molecule has 1 aromatic carbocycles. The highest BCUT2D eigenvalue weighted by molar-refractivity contribution is 5.69. The van der Waals surface area contributed by atoms with E-state index >= 15 is 0 Å². The summed E-state index contributed by atoms with van der Waals surface area (Å²) in [5.74, 6) is -1.28. The monoisotopic (exact) mass is 262 g/mol. The molecule has 0 aliphatic rings. The Morgan fingerprint density at radius 1 is 1.39 bits per heavy atom. The van der Waals surface area contributed by atoms with Crippen molar-refractivity contribution in [2.45, 2.75) is 25.9 Å². The molecule has 18 heavy (non-hydrogen) atoms. The molecule has 0 atom stereocenters. The molecule has 0 bridgehead atoms. The average molecular weight is 262 g/mol. The van der Waals surface area contributed by atoms with Crippen LogP contribution >= 0.6 is 0 Å². The van der Waals surface area contributed by atoms with Crippen molar-refractivity contribution in [2.24, 2.45) is 0 Å². The number of hydrogen-bond acceptors (Lipinski definition) is 3. The lowest BCUT2D eigenvalue weighted by Crippen LogP contribution is -2.08. The second-order valence-electron chi connectivity index (χ2n) is 3.65. The molecule has 0 fully saturated rings. The fourth-order valence-corrected chi connectivity index (χ4v) is 1.45. The zero-order chi connectivity index (χ0) is 13.8. The Hall–Kier alpha value is -1.72. The summed E-state index contributed by atoms with van der Waals surface area (Å²) < 4.78 is 42.2. The van der Waals surface area contributed by atoms with Gasteiger partial charge in [-0.3, -0.25) is 4.79 Å². The van der Waals surface area contributed by atoms with Gasteiger partial charge in [-0.15, -0.1) is 0 Å². The summed E-state index contributed by atoms with van der Waals surface area (Å²) in [5.41, 5.74) is -0.767.